The van der Waals surface area contributed by atoms with Gasteiger partial charge in [0, 0.05) is 12.8 Å². The van der Waals surface area contributed by atoms with Crippen molar-refractivity contribution in [2.24, 2.45) is 11.7 Å². The maximum atomic E-state index is 12.1. The molecule has 1 heterocycles. The third kappa shape index (κ3) is 3.80. The molecule has 1 aromatic carbocycles. The van der Waals surface area contributed by atoms with Gasteiger partial charge in [-0.15, -0.1) is 0 Å². The largest absolute Gasteiger partial charge is 0.493 e. The SMILES string of the molecule is CC(CN)CCC(=O)CC1CCOc2ccccc21. The molecule has 0 radical (unpaired) electrons. The summed E-state index contributed by atoms with van der Waals surface area (Å²) in [6.45, 7) is 3.47. The average Bonchev–Trinajstić information content (AvgIpc) is 2.45. The molecule has 0 saturated carbocycles. The van der Waals surface area contributed by atoms with Crippen LogP contribution in [0.5, 0.6) is 5.75 Å². The molecule has 2 rings (SSSR count). The molecule has 0 amide bonds. The van der Waals surface area contributed by atoms with Crippen LogP contribution in [0.15, 0.2) is 24.3 Å². The summed E-state index contributed by atoms with van der Waals surface area (Å²) in [7, 11) is 0. The molecule has 0 spiro atoms. The van der Waals surface area contributed by atoms with Crippen molar-refractivity contribution in [3.8, 4) is 5.75 Å². The number of para-hydroxylation sites is 1. The first-order chi connectivity index (χ1) is 9.20. The predicted molar refractivity (Wildman–Crippen MR) is 76.4 cm³/mol. The zero-order valence-electron chi connectivity index (χ0n) is 11.6. The summed E-state index contributed by atoms with van der Waals surface area (Å²) in [4.78, 5) is 12.1. The molecule has 2 N–H and O–H groups in total. The van der Waals surface area contributed by atoms with Crippen molar-refractivity contribution < 1.29 is 9.53 Å². The second-order valence-corrected chi connectivity index (χ2v) is 5.49. The maximum Gasteiger partial charge on any atom is 0.133 e. The number of hydrogen-bond donors (Lipinski definition) is 1. The van der Waals surface area contributed by atoms with Crippen molar-refractivity contribution in [3.63, 3.8) is 0 Å². The molecule has 2 atom stereocenters. The van der Waals surface area contributed by atoms with Crippen molar-refractivity contribution in [3.05, 3.63) is 29.8 Å². The van der Waals surface area contributed by atoms with Crippen LogP contribution >= 0.6 is 0 Å². The predicted octanol–water partition coefficient (Wildman–Crippen LogP) is 2.89. The number of nitrogens with two attached hydrogens (primary N) is 1. The minimum absolute atomic E-state index is 0.325. The molecule has 2 unspecified atom stereocenters. The monoisotopic (exact) mass is 261 g/mol. The molecular weight excluding hydrogens is 238 g/mol. The topological polar surface area (TPSA) is 52.3 Å². The summed E-state index contributed by atoms with van der Waals surface area (Å²) in [5.74, 6) is 2.06. The summed E-state index contributed by atoms with van der Waals surface area (Å²) in [5.41, 5.74) is 6.77. The number of carbonyl (C=O) groups excluding carboxylic acids is 1. The summed E-state index contributed by atoms with van der Waals surface area (Å²) >= 11 is 0. The van der Waals surface area contributed by atoms with Crippen molar-refractivity contribution >= 4 is 5.78 Å². The zero-order valence-corrected chi connectivity index (χ0v) is 11.6. The van der Waals surface area contributed by atoms with Crippen LogP contribution in [0.2, 0.25) is 0 Å². The van der Waals surface area contributed by atoms with E-state index in [0.29, 0.717) is 43.6 Å². The van der Waals surface area contributed by atoms with Gasteiger partial charge in [0.2, 0.25) is 0 Å². The van der Waals surface area contributed by atoms with Crippen molar-refractivity contribution in [1.29, 1.82) is 0 Å². The molecule has 0 aromatic heterocycles. The van der Waals surface area contributed by atoms with E-state index in [0.717, 1.165) is 18.6 Å². The minimum Gasteiger partial charge on any atom is -0.493 e. The fraction of sp³-hybridized carbons (Fsp3) is 0.562. The fourth-order valence-corrected chi connectivity index (χ4v) is 2.53. The third-order valence-electron chi connectivity index (χ3n) is 3.88. The minimum atomic E-state index is 0.325. The molecule has 1 aliphatic rings. The highest BCUT2D eigenvalue weighted by molar-refractivity contribution is 5.79. The van der Waals surface area contributed by atoms with E-state index < -0.39 is 0 Å². The number of hydrogen-bond acceptors (Lipinski definition) is 3. The van der Waals surface area contributed by atoms with Crippen molar-refractivity contribution in [2.75, 3.05) is 13.2 Å². The van der Waals surface area contributed by atoms with Gasteiger partial charge in [0.05, 0.1) is 6.61 Å². The number of benzene rings is 1. The molecule has 104 valence electrons. The van der Waals surface area contributed by atoms with Gasteiger partial charge in [0.1, 0.15) is 11.5 Å². The van der Waals surface area contributed by atoms with Crippen LogP contribution in [-0.2, 0) is 4.79 Å². The Bertz CT molecular complexity index is 431. The lowest BCUT2D eigenvalue weighted by Crippen LogP contribution is -2.18. The normalized spacial score (nSPS) is 19.4. The molecule has 0 aliphatic carbocycles. The van der Waals surface area contributed by atoms with E-state index in [1.807, 2.05) is 18.2 Å². The number of Topliss-reactive ketones (excluding diaryl/α,β-unsaturated/α-hetero) is 1. The quantitative estimate of drug-likeness (QED) is 0.856. The smallest absolute Gasteiger partial charge is 0.133 e. The highest BCUT2D eigenvalue weighted by atomic mass is 16.5. The Morgan fingerprint density at radius 1 is 1.47 bits per heavy atom. The second-order valence-electron chi connectivity index (χ2n) is 5.49. The van der Waals surface area contributed by atoms with Crippen LogP contribution in [0, 0.1) is 5.92 Å². The molecule has 1 aromatic rings. The average molecular weight is 261 g/mol. The third-order valence-corrected chi connectivity index (χ3v) is 3.88. The number of ketones is 1. The van der Waals surface area contributed by atoms with E-state index >= 15 is 0 Å². The van der Waals surface area contributed by atoms with Crippen LogP contribution in [0.25, 0.3) is 0 Å². The first-order valence-electron chi connectivity index (χ1n) is 7.14. The number of rotatable bonds is 6. The lowest BCUT2D eigenvalue weighted by Gasteiger charge is -2.25. The van der Waals surface area contributed by atoms with Gasteiger partial charge in [-0.3, -0.25) is 4.79 Å². The molecule has 0 fully saturated rings. The van der Waals surface area contributed by atoms with Gasteiger partial charge in [-0.1, -0.05) is 25.1 Å². The van der Waals surface area contributed by atoms with Crippen LogP contribution in [-0.4, -0.2) is 18.9 Å². The molecule has 3 heteroatoms. The first-order valence-corrected chi connectivity index (χ1v) is 7.14. The lowest BCUT2D eigenvalue weighted by molar-refractivity contribution is -0.119. The Hall–Kier alpha value is -1.35. The van der Waals surface area contributed by atoms with E-state index in [1.54, 1.807) is 0 Å². The molecule has 0 bridgehead atoms. The van der Waals surface area contributed by atoms with Crippen molar-refractivity contribution in [2.45, 2.75) is 38.5 Å². The lowest BCUT2D eigenvalue weighted by atomic mass is 9.87. The van der Waals surface area contributed by atoms with Crippen LogP contribution in [0.1, 0.15) is 44.1 Å². The van der Waals surface area contributed by atoms with E-state index in [1.165, 1.54) is 5.56 Å². The van der Waals surface area contributed by atoms with Gasteiger partial charge >= 0.3 is 0 Å². The Morgan fingerprint density at radius 3 is 3.05 bits per heavy atom. The number of carbonyl (C=O) groups is 1. The Balaban J connectivity index is 1.91. The van der Waals surface area contributed by atoms with Gasteiger partial charge in [0.15, 0.2) is 0 Å². The maximum absolute atomic E-state index is 12.1. The van der Waals surface area contributed by atoms with Crippen LogP contribution in [0.4, 0.5) is 0 Å². The van der Waals surface area contributed by atoms with Crippen LogP contribution < -0.4 is 10.5 Å². The highest BCUT2D eigenvalue weighted by Gasteiger charge is 2.23. The molecule has 1 aliphatic heterocycles. The summed E-state index contributed by atoms with van der Waals surface area (Å²) in [6.07, 6.45) is 3.13. The van der Waals surface area contributed by atoms with Gasteiger partial charge in [-0.2, -0.15) is 0 Å². The zero-order chi connectivity index (χ0) is 13.7. The van der Waals surface area contributed by atoms with Crippen LogP contribution in [0.3, 0.4) is 0 Å². The Kier molecular flexibility index (Phi) is 4.97. The van der Waals surface area contributed by atoms with Gasteiger partial charge in [0.25, 0.3) is 0 Å². The standard InChI is InChI=1S/C16H23NO2/c1-12(11-17)6-7-14(18)10-13-8-9-19-16-5-3-2-4-15(13)16/h2-5,12-13H,6-11,17H2,1H3. The van der Waals surface area contributed by atoms with E-state index in [2.05, 4.69) is 13.0 Å². The van der Waals surface area contributed by atoms with E-state index in [9.17, 15) is 4.79 Å². The molecular formula is C16H23NO2. The molecule has 19 heavy (non-hydrogen) atoms. The van der Waals surface area contributed by atoms with Crippen molar-refractivity contribution in [1.82, 2.24) is 0 Å². The summed E-state index contributed by atoms with van der Waals surface area (Å²) in [5, 5.41) is 0. The van der Waals surface area contributed by atoms with Gasteiger partial charge in [-0.05, 0) is 42.9 Å². The Labute approximate surface area is 115 Å². The first kappa shape index (κ1) is 14.1. The van der Waals surface area contributed by atoms with Gasteiger partial charge in [-0.25, -0.2) is 0 Å². The van der Waals surface area contributed by atoms with E-state index in [-0.39, 0.29) is 0 Å². The highest BCUT2D eigenvalue weighted by Crippen LogP contribution is 2.35. The Morgan fingerprint density at radius 2 is 2.26 bits per heavy atom. The summed E-state index contributed by atoms with van der Waals surface area (Å²) < 4.78 is 5.62. The molecule has 3 nitrogen and oxygen atoms in total. The van der Waals surface area contributed by atoms with Gasteiger partial charge < -0.3 is 10.5 Å². The van der Waals surface area contributed by atoms with E-state index in [4.69, 9.17) is 10.5 Å². The fourth-order valence-electron chi connectivity index (χ4n) is 2.53. The second kappa shape index (κ2) is 6.71. The number of ether oxygens (including phenoxy) is 1. The summed E-state index contributed by atoms with van der Waals surface area (Å²) in [6, 6.07) is 8.06. The molecule has 0 saturated heterocycles. The number of fused-ring (bicyclic) bond motifs is 1.